The minimum atomic E-state index is -0.408. The second-order valence-corrected chi connectivity index (χ2v) is 4.12. The number of benzene rings is 1. The van der Waals surface area contributed by atoms with Crippen LogP contribution in [0.25, 0.3) is 0 Å². The molecule has 0 atom stereocenters. The van der Waals surface area contributed by atoms with E-state index in [1.54, 1.807) is 6.92 Å². The Kier molecular flexibility index (Phi) is 4.28. The maximum Gasteiger partial charge on any atom is 0.227 e. The smallest absolute Gasteiger partial charge is 0.227 e. The molecule has 0 amide bonds. The van der Waals surface area contributed by atoms with E-state index in [1.807, 2.05) is 24.3 Å². The number of nitrogens with zero attached hydrogens (tertiary/aromatic N) is 2. The zero-order valence-electron chi connectivity index (χ0n) is 11.0. The number of hydrogen-bond acceptors (Lipinski definition) is 4. The normalized spacial score (nSPS) is 10.3. The molecule has 0 radical (unpaired) electrons. The Bertz CT molecular complexity index is 543. The Hall–Kier alpha value is -2.17. The minimum absolute atomic E-state index is 0.320. The van der Waals surface area contributed by atoms with Gasteiger partial charge in [-0.25, -0.2) is 14.4 Å². The van der Waals surface area contributed by atoms with Crippen molar-refractivity contribution in [3.63, 3.8) is 0 Å². The van der Waals surface area contributed by atoms with Gasteiger partial charge in [0, 0.05) is 5.69 Å². The van der Waals surface area contributed by atoms with Crippen molar-refractivity contribution in [3.05, 3.63) is 42.0 Å². The van der Waals surface area contributed by atoms with Crippen LogP contribution in [0.5, 0.6) is 5.75 Å². The number of ether oxygens (including phenoxy) is 1. The van der Waals surface area contributed by atoms with Crippen molar-refractivity contribution in [2.75, 3.05) is 11.9 Å². The molecule has 0 aliphatic carbocycles. The largest absolute Gasteiger partial charge is 0.494 e. The number of aryl methyl sites for hydroxylation is 1. The summed E-state index contributed by atoms with van der Waals surface area (Å²) in [4.78, 5) is 7.89. The SMILES string of the molecule is CCCOc1ccc(Nc2ncc(F)c(C)n2)cc1. The highest BCUT2D eigenvalue weighted by molar-refractivity contribution is 5.54. The molecule has 0 aliphatic rings. The van der Waals surface area contributed by atoms with Crippen molar-refractivity contribution in [2.45, 2.75) is 20.3 Å². The summed E-state index contributed by atoms with van der Waals surface area (Å²) in [7, 11) is 0. The van der Waals surface area contributed by atoms with Crippen LogP contribution in [0.4, 0.5) is 16.0 Å². The van der Waals surface area contributed by atoms with Crippen LogP contribution >= 0.6 is 0 Å². The Balaban J connectivity index is 2.04. The van der Waals surface area contributed by atoms with Crippen molar-refractivity contribution < 1.29 is 9.13 Å². The molecule has 1 heterocycles. The molecule has 0 spiro atoms. The second-order valence-electron chi connectivity index (χ2n) is 4.12. The van der Waals surface area contributed by atoms with Crippen LogP contribution in [0, 0.1) is 12.7 Å². The average Bonchev–Trinajstić information content (AvgIpc) is 2.42. The highest BCUT2D eigenvalue weighted by atomic mass is 19.1. The van der Waals surface area contributed by atoms with Crippen LogP contribution in [0.1, 0.15) is 19.0 Å². The molecule has 4 nitrogen and oxygen atoms in total. The lowest BCUT2D eigenvalue weighted by atomic mass is 10.3. The summed E-state index contributed by atoms with van der Waals surface area (Å²) < 4.78 is 18.5. The third-order valence-electron chi connectivity index (χ3n) is 2.50. The quantitative estimate of drug-likeness (QED) is 0.895. The molecule has 2 rings (SSSR count). The fourth-order valence-electron chi connectivity index (χ4n) is 1.50. The summed E-state index contributed by atoms with van der Waals surface area (Å²) >= 11 is 0. The first-order valence-corrected chi connectivity index (χ1v) is 6.18. The predicted octanol–water partition coefficient (Wildman–Crippen LogP) is 3.46. The molecule has 0 unspecified atom stereocenters. The lowest BCUT2D eigenvalue weighted by Gasteiger charge is -2.07. The van der Waals surface area contributed by atoms with E-state index in [2.05, 4.69) is 22.2 Å². The van der Waals surface area contributed by atoms with Crippen molar-refractivity contribution in [2.24, 2.45) is 0 Å². The van der Waals surface area contributed by atoms with E-state index in [4.69, 9.17) is 4.74 Å². The third kappa shape index (κ3) is 3.64. The number of hydrogen-bond donors (Lipinski definition) is 1. The highest BCUT2D eigenvalue weighted by Crippen LogP contribution is 2.18. The van der Waals surface area contributed by atoms with E-state index in [9.17, 15) is 4.39 Å². The molecule has 1 N–H and O–H groups in total. The van der Waals surface area contributed by atoms with Gasteiger partial charge in [-0.1, -0.05) is 6.92 Å². The van der Waals surface area contributed by atoms with Crippen LogP contribution < -0.4 is 10.1 Å². The molecule has 0 saturated heterocycles. The summed E-state index contributed by atoms with van der Waals surface area (Å²) in [6.45, 7) is 4.36. The fourth-order valence-corrected chi connectivity index (χ4v) is 1.50. The van der Waals surface area contributed by atoms with Crippen molar-refractivity contribution in [1.29, 1.82) is 0 Å². The van der Waals surface area contributed by atoms with Gasteiger partial charge in [-0.2, -0.15) is 0 Å². The van der Waals surface area contributed by atoms with Gasteiger partial charge in [-0.05, 0) is 37.6 Å². The molecular weight excluding hydrogens is 245 g/mol. The number of halogens is 1. The summed E-state index contributed by atoms with van der Waals surface area (Å²) in [6.07, 6.45) is 2.13. The summed E-state index contributed by atoms with van der Waals surface area (Å²) in [5, 5.41) is 3.01. The Morgan fingerprint density at radius 2 is 2.00 bits per heavy atom. The molecule has 0 aliphatic heterocycles. The topological polar surface area (TPSA) is 47.0 Å². The fraction of sp³-hybridized carbons (Fsp3) is 0.286. The molecule has 100 valence electrons. The minimum Gasteiger partial charge on any atom is -0.494 e. The maximum atomic E-state index is 13.0. The van der Waals surface area contributed by atoms with Crippen LogP contribution in [0.15, 0.2) is 30.5 Å². The van der Waals surface area contributed by atoms with E-state index in [0.717, 1.165) is 24.1 Å². The van der Waals surface area contributed by atoms with E-state index in [-0.39, 0.29) is 0 Å². The number of aromatic nitrogens is 2. The zero-order valence-corrected chi connectivity index (χ0v) is 11.0. The summed E-state index contributed by atoms with van der Waals surface area (Å²) in [5.74, 6) is 0.790. The van der Waals surface area contributed by atoms with E-state index >= 15 is 0 Å². The summed E-state index contributed by atoms with van der Waals surface area (Å²) in [5.41, 5.74) is 1.15. The third-order valence-corrected chi connectivity index (χ3v) is 2.50. The van der Waals surface area contributed by atoms with Gasteiger partial charge < -0.3 is 10.1 Å². The standard InChI is InChI=1S/C14H16FN3O/c1-3-8-19-12-6-4-11(5-7-12)18-14-16-9-13(15)10(2)17-14/h4-7,9H,3,8H2,1-2H3,(H,16,17,18). The molecule has 19 heavy (non-hydrogen) atoms. The van der Waals surface area contributed by atoms with Crippen molar-refractivity contribution >= 4 is 11.6 Å². The lowest BCUT2D eigenvalue weighted by Crippen LogP contribution is -2.00. The van der Waals surface area contributed by atoms with E-state index in [0.29, 0.717) is 18.2 Å². The van der Waals surface area contributed by atoms with Gasteiger partial charge in [0.2, 0.25) is 5.95 Å². The van der Waals surface area contributed by atoms with Gasteiger partial charge in [0.15, 0.2) is 5.82 Å². The van der Waals surface area contributed by atoms with Gasteiger partial charge in [-0.15, -0.1) is 0 Å². The van der Waals surface area contributed by atoms with Crippen molar-refractivity contribution in [3.8, 4) is 5.75 Å². The van der Waals surface area contributed by atoms with Gasteiger partial charge in [-0.3, -0.25) is 0 Å². The van der Waals surface area contributed by atoms with Gasteiger partial charge in [0.1, 0.15) is 5.75 Å². The number of nitrogens with one attached hydrogen (secondary N) is 1. The predicted molar refractivity (Wildman–Crippen MR) is 72.2 cm³/mol. The average molecular weight is 261 g/mol. The first-order chi connectivity index (χ1) is 9.19. The first kappa shape index (κ1) is 13.3. The van der Waals surface area contributed by atoms with Crippen LogP contribution in [0.2, 0.25) is 0 Å². The number of rotatable bonds is 5. The van der Waals surface area contributed by atoms with Crippen LogP contribution in [0.3, 0.4) is 0 Å². The lowest BCUT2D eigenvalue weighted by molar-refractivity contribution is 0.317. The maximum absolute atomic E-state index is 13.0. The van der Waals surface area contributed by atoms with Crippen LogP contribution in [-0.2, 0) is 0 Å². The molecule has 0 bridgehead atoms. The Morgan fingerprint density at radius 1 is 1.26 bits per heavy atom. The number of anilines is 2. The summed E-state index contributed by atoms with van der Waals surface area (Å²) in [6, 6.07) is 7.48. The van der Waals surface area contributed by atoms with Gasteiger partial charge >= 0.3 is 0 Å². The molecule has 1 aromatic carbocycles. The molecule has 1 aromatic heterocycles. The molecular formula is C14H16FN3O. The monoisotopic (exact) mass is 261 g/mol. The van der Waals surface area contributed by atoms with Gasteiger partial charge in [0.25, 0.3) is 0 Å². The van der Waals surface area contributed by atoms with Crippen LogP contribution in [-0.4, -0.2) is 16.6 Å². The molecule has 0 saturated carbocycles. The first-order valence-electron chi connectivity index (χ1n) is 6.18. The molecule has 0 fully saturated rings. The zero-order chi connectivity index (χ0) is 13.7. The van der Waals surface area contributed by atoms with E-state index < -0.39 is 5.82 Å². The van der Waals surface area contributed by atoms with E-state index in [1.165, 1.54) is 0 Å². The van der Waals surface area contributed by atoms with Gasteiger partial charge in [0.05, 0.1) is 18.5 Å². The second kappa shape index (κ2) is 6.13. The Morgan fingerprint density at radius 3 is 2.63 bits per heavy atom. The Labute approximate surface area is 111 Å². The van der Waals surface area contributed by atoms with Crippen molar-refractivity contribution in [1.82, 2.24) is 9.97 Å². The molecule has 2 aromatic rings. The highest BCUT2D eigenvalue weighted by Gasteiger charge is 2.03. The molecule has 5 heteroatoms.